The Bertz CT molecular complexity index is 329. The maximum Gasteiger partial charge on any atom is 0.195 e. The molecule has 0 unspecified atom stereocenters. The predicted molar refractivity (Wildman–Crippen MR) is 67.6 cm³/mol. The van der Waals surface area contributed by atoms with Gasteiger partial charge in [0.25, 0.3) is 0 Å². The van der Waals surface area contributed by atoms with Crippen molar-refractivity contribution in [2.24, 2.45) is 4.99 Å². The molecule has 1 heterocycles. The lowest BCUT2D eigenvalue weighted by molar-refractivity contribution is 0.479. The van der Waals surface area contributed by atoms with E-state index < -0.39 is 0 Å². The molecule has 0 aliphatic heterocycles. The van der Waals surface area contributed by atoms with Crippen molar-refractivity contribution in [1.29, 1.82) is 0 Å². The van der Waals surface area contributed by atoms with Crippen LogP contribution in [0.25, 0.3) is 0 Å². The number of thiophene rings is 1. The van der Waals surface area contributed by atoms with Crippen molar-refractivity contribution in [2.75, 3.05) is 28.2 Å². The number of guanidine groups is 1. The lowest BCUT2D eigenvalue weighted by Crippen LogP contribution is -2.35. The monoisotopic (exact) mass is 225 g/mol. The normalized spacial score (nSPS) is 9.93. The van der Waals surface area contributed by atoms with Gasteiger partial charge in [0.1, 0.15) is 0 Å². The fourth-order valence-corrected chi connectivity index (χ4v) is 2.20. The van der Waals surface area contributed by atoms with Gasteiger partial charge in [-0.05, 0) is 23.9 Å². The molecule has 0 N–H and O–H groups in total. The zero-order valence-electron chi connectivity index (χ0n) is 10.1. The molecule has 1 aromatic rings. The summed E-state index contributed by atoms with van der Waals surface area (Å²) in [4.78, 5) is 9.96. The third-order valence-corrected chi connectivity index (χ3v) is 3.00. The molecule has 0 saturated heterocycles. The Morgan fingerprint density at radius 2 is 1.87 bits per heavy atom. The fraction of sp³-hybridized carbons (Fsp3) is 0.545. The second-order valence-corrected chi connectivity index (χ2v) is 4.99. The summed E-state index contributed by atoms with van der Waals surface area (Å²) in [5.41, 5.74) is 1.32. The molecule has 0 atom stereocenters. The molecule has 84 valence electrons. The molecule has 3 nitrogen and oxygen atoms in total. The van der Waals surface area contributed by atoms with Crippen LogP contribution in [-0.4, -0.2) is 44.0 Å². The van der Waals surface area contributed by atoms with E-state index in [1.807, 2.05) is 38.0 Å². The van der Waals surface area contributed by atoms with Gasteiger partial charge in [-0.2, -0.15) is 0 Å². The molecule has 1 aromatic heterocycles. The van der Waals surface area contributed by atoms with Gasteiger partial charge in [-0.15, -0.1) is 11.3 Å². The second-order valence-electron chi connectivity index (χ2n) is 4.00. The van der Waals surface area contributed by atoms with Gasteiger partial charge in [-0.1, -0.05) is 0 Å². The molecule has 0 aliphatic carbocycles. The van der Waals surface area contributed by atoms with Crippen molar-refractivity contribution in [2.45, 2.75) is 13.5 Å². The van der Waals surface area contributed by atoms with Crippen molar-refractivity contribution in [3.05, 3.63) is 21.9 Å². The first kappa shape index (κ1) is 12.0. The highest BCUT2D eigenvalue weighted by molar-refractivity contribution is 7.10. The van der Waals surface area contributed by atoms with Gasteiger partial charge in [0.15, 0.2) is 5.96 Å². The lowest BCUT2D eigenvalue weighted by atomic mass is 10.3. The highest BCUT2D eigenvalue weighted by Crippen LogP contribution is 2.14. The molecule has 0 aliphatic rings. The van der Waals surface area contributed by atoms with Crippen LogP contribution in [0, 0.1) is 6.92 Å². The summed E-state index contributed by atoms with van der Waals surface area (Å²) in [7, 11) is 8.05. The first-order valence-electron chi connectivity index (χ1n) is 4.94. The first-order chi connectivity index (χ1) is 7.00. The smallest absolute Gasteiger partial charge is 0.195 e. The quantitative estimate of drug-likeness (QED) is 0.566. The summed E-state index contributed by atoms with van der Waals surface area (Å²) in [6.45, 7) is 2.88. The summed E-state index contributed by atoms with van der Waals surface area (Å²) < 4.78 is 0. The number of nitrogens with zero attached hydrogens (tertiary/aromatic N) is 3. The number of aliphatic imine (C=N–C) groups is 1. The third kappa shape index (κ3) is 3.55. The standard InChI is InChI=1S/C11H19N3S/c1-9-6-10(15-8-9)7-12-11(13(2)3)14(4)5/h6,8H,7H2,1-5H3. The molecule has 0 amide bonds. The fourth-order valence-electron chi connectivity index (χ4n) is 1.40. The van der Waals surface area contributed by atoms with Gasteiger partial charge < -0.3 is 9.80 Å². The zero-order chi connectivity index (χ0) is 11.4. The van der Waals surface area contributed by atoms with E-state index in [0.29, 0.717) is 0 Å². The summed E-state index contributed by atoms with van der Waals surface area (Å²) >= 11 is 1.77. The van der Waals surface area contributed by atoms with Gasteiger partial charge in [-0.25, -0.2) is 4.99 Å². The minimum Gasteiger partial charge on any atom is -0.349 e. The van der Waals surface area contributed by atoms with Gasteiger partial charge >= 0.3 is 0 Å². The van der Waals surface area contributed by atoms with Gasteiger partial charge in [0.2, 0.25) is 0 Å². The number of aryl methyl sites for hydroxylation is 1. The Kier molecular flexibility index (Phi) is 4.15. The average molecular weight is 225 g/mol. The van der Waals surface area contributed by atoms with E-state index >= 15 is 0 Å². The maximum atomic E-state index is 4.59. The van der Waals surface area contributed by atoms with Crippen molar-refractivity contribution in [1.82, 2.24) is 9.80 Å². The van der Waals surface area contributed by atoms with Gasteiger partial charge in [0, 0.05) is 33.1 Å². The van der Waals surface area contributed by atoms with E-state index in [-0.39, 0.29) is 0 Å². The van der Waals surface area contributed by atoms with E-state index in [4.69, 9.17) is 0 Å². The molecule has 0 saturated carbocycles. The van der Waals surface area contributed by atoms with Crippen LogP contribution in [-0.2, 0) is 6.54 Å². The SMILES string of the molecule is Cc1csc(CN=C(N(C)C)N(C)C)c1. The van der Waals surface area contributed by atoms with Gasteiger partial charge in [0.05, 0.1) is 6.54 Å². The Labute approximate surface area is 96.0 Å². The van der Waals surface area contributed by atoms with Crippen LogP contribution in [0.2, 0.25) is 0 Å². The topological polar surface area (TPSA) is 18.8 Å². The van der Waals surface area contributed by atoms with Gasteiger partial charge in [-0.3, -0.25) is 0 Å². The summed E-state index contributed by atoms with van der Waals surface area (Å²) in [6, 6.07) is 2.19. The molecule has 1 rings (SSSR count). The minimum absolute atomic E-state index is 0.768. The Balaban J connectivity index is 2.69. The Morgan fingerprint density at radius 1 is 1.27 bits per heavy atom. The molecular weight excluding hydrogens is 206 g/mol. The van der Waals surface area contributed by atoms with Crippen molar-refractivity contribution >= 4 is 17.3 Å². The summed E-state index contributed by atoms with van der Waals surface area (Å²) in [5, 5.41) is 2.16. The number of hydrogen-bond donors (Lipinski definition) is 0. The number of hydrogen-bond acceptors (Lipinski definition) is 2. The molecular formula is C11H19N3S. The second kappa shape index (κ2) is 5.16. The Morgan fingerprint density at radius 3 is 2.27 bits per heavy atom. The molecule has 0 fully saturated rings. The zero-order valence-corrected chi connectivity index (χ0v) is 10.9. The summed E-state index contributed by atoms with van der Waals surface area (Å²) in [6.07, 6.45) is 0. The van der Waals surface area contributed by atoms with E-state index in [2.05, 4.69) is 23.4 Å². The molecule has 0 spiro atoms. The van der Waals surface area contributed by atoms with Crippen molar-refractivity contribution in [3.8, 4) is 0 Å². The summed E-state index contributed by atoms with van der Waals surface area (Å²) in [5.74, 6) is 1.00. The van der Waals surface area contributed by atoms with Crippen LogP contribution in [0.5, 0.6) is 0 Å². The van der Waals surface area contributed by atoms with E-state index in [0.717, 1.165) is 12.5 Å². The highest BCUT2D eigenvalue weighted by Gasteiger charge is 2.04. The van der Waals surface area contributed by atoms with Crippen LogP contribution < -0.4 is 0 Å². The van der Waals surface area contributed by atoms with Crippen LogP contribution in [0.4, 0.5) is 0 Å². The predicted octanol–water partition coefficient (Wildman–Crippen LogP) is 2.04. The van der Waals surface area contributed by atoms with E-state index in [1.54, 1.807) is 11.3 Å². The molecule has 15 heavy (non-hydrogen) atoms. The Hall–Kier alpha value is -1.03. The maximum absolute atomic E-state index is 4.59. The largest absolute Gasteiger partial charge is 0.349 e. The van der Waals surface area contributed by atoms with Crippen LogP contribution >= 0.6 is 11.3 Å². The molecule has 4 heteroatoms. The third-order valence-electron chi connectivity index (χ3n) is 1.96. The van der Waals surface area contributed by atoms with Crippen LogP contribution in [0.3, 0.4) is 0 Å². The van der Waals surface area contributed by atoms with E-state index in [1.165, 1.54) is 10.4 Å². The average Bonchev–Trinajstić information content (AvgIpc) is 2.50. The lowest BCUT2D eigenvalue weighted by Gasteiger charge is -2.22. The van der Waals surface area contributed by atoms with Crippen LogP contribution in [0.1, 0.15) is 10.4 Å². The number of rotatable bonds is 2. The van der Waals surface area contributed by atoms with Crippen LogP contribution in [0.15, 0.2) is 16.4 Å². The van der Waals surface area contributed by atoms with Crippen molar-refractivity contribution in [3.63, 3.8) is 0 Å². The molecule has 0 bridgehead atoms. The van der Waals surface area contributed by atoms with Crippen molar-refractivity contribution < 1.29 is 0 Å². The molecule has 0 aromatic carbocycles. The molecule has 0 radical (unpaired) electrons. The van der Waals surface area contributed by atoms with E-state index in [9.17, 15) is 0 Å². The minimum atomic E-state index is 0.768. The highest BCUT2D eigenvalue weighted by atomic mass is 32.1. The first-order valence-corrected chi connectivity index (χ1v) is 5.81.